The van der Waals surface area contributed by atoms with E-state index in [9.17, 15) is 9.18 Å². The van der Waals surface area contributed by atoms with Crippen LogP contribution in [0.4, 0.5) is 4.39 Å². The number of hydrogen-bond acceptors (Lipinski definition) is 3. The van der Waals surface area contributed by atoms with E-state index in [1.165, 1.54) is 23.5 Å². The standard InChI is InChI=1S/C16H13FN2O2S/c1-19-12-7-3-5-9-14(12)22-16(19)18-15(20)10-21-13-8-4-2-6-11(13)17/h2-9H,10H2,1H3. The number of para-hydroxylation sites is 2. The van der Waals surface area contributed by atoms with Gasteiger partial charge < -0.3 is 9.30 Å². The minimum atomic E-state index is -0.497. The van der Waals surface area contributed by atoms with Crippen molar-refractivity contribution in [3.63, 3.8) is 0 Å². The zero-order valence-corrected chi connectivity index (χ0v) is 12.6. The average Bonchev–Trinajstić information content (AvgIpc) is 2.83. The molecule has 0 fully saturated rings. The molecule has 0 aliphatic rings. The van der Waals surface area contributed by atoms with Gasteiger partial charge in [0.1, 0.15) is 0 Å². The lowest BCUT2D eigenvalue weighted by atomic mass is 10.3. The number of fused-ring (bicyclic) bond motifs is 1. The van der Waals surface area contributed by atoms with Crippen molar-refractivity contribution in [1.82, 2.24) is 4.57 Å². The maximum absolute atomic E-state index is 13.4. The van der Waals surface area contributed by atoms with Gasteiger partial charge >= 0.3 is 0 Å². The Hall–Kier alpha value is -2.47. The summed E-state index contributed by atoms with van der Waals surface area (Å²) in [7, 11) is 1.85. The first-order valence-electron chi connectivity index (χ1n) is 6.64. The largest absolute Gasteiger partial charge is 0.481 e. The molecular formula is C16H13FN2O2S. The second-order valence-electron chi connectivity index (χ2n) is 4.64. The summed E-state index contributed by atoms with van der Waals surface area (Å²) in [6.45, 7) is -0.296. The van der Waals surface area contributed by atoms with E-state index in [2.05, 4.69) is 4.99 Å². The summed E-state index contributed by atoms with van der Waals surface area (Å²) in [6.07, 6.45) is 0. The zero-order valence-electron chi connectivity index (χ0n) is 11.8. The molecule has 0 spiro atoms. The number of thiazole rings is 1. The first kappa shape index (κ1) is 14.5. The van der Waals surface area contributed by atoms with E-state index in [1.54, 1.807) is 12.1 Å². The van der Waals surface area contributed by atoms with E-state index in [0.717, 1.165) is 10.2 Å². The second kappa shape index (κ2) is 6.11. The van der Waals surface area contributed by atoms with Crippen LogP contribution in [0.5, 0.6) is 5.75 Å². The van der Waals surface area contributed by atoms with Crippen LogP contribution in [0.2, 0.25) is 0 Å². The van der Waals surface area contributed by atoms with Crippen molar-refractivity contribution in [2.24, 2.45) is 12.0 Å². The van der Waals surface area contributed by atoms with Crippen LogP contribution >= 0.6 is 11.3 Å². The Morgan fingerprint density at radius 2 is 1.95 bits per heavy atom. The molecule has 0 unspecified atom stereocenters. The van der Waals surface area contributed by atoms with Gasteiger partial charge in [-0.1, -0.05) is 35.6 Å². The normalized spacial score (nSPS) is 11.8. The maximum Gasteiger partial charge on any atom is 0.286 e. The van der Waals surface area contributed by atoms with Gasteiger partial charge in [-0.15, -0.1) is 0 Å². The quantitative estimate of drug-likeness (QED) is 0.746. The molecule has 112 valence electrons. The number of ether oxygens (including phenoxy) is 1. The lowest BCUT2D eigenvalue weighted by molar-refractivity contribution is -0.120. The first-order valence-corrected chi connectivity index (χ1v) is 7.46. The summed E-state index contributed by atoms with van der Waals surface area (Å²) in [6, 6.07) is 13.8. The Balaban J connectivity index is 1.80. The van der Waals surface area contributed by atoms with E-state index in [0.29, 0.717) is 4.80 Å². The van der Waals surface area contributed by atoms with E-state index in [-0.39, 0.29) is 12.4 Å². The maximum atomic E-state index is 13.4. The highest BCUT2D eigenvalue weighted by molar-refractivity contribution is 7.16. The molecule has 0 saturated heterocycles. The van der Waals surface area contributed by atoms with Crippen LogP contribution in [0.15, 0.2) is 53.5 Å². The van der Waals surface area contributed by atoms with Crippen molar-refractivity contribution < 1.29 is 13.9 Å². The van der Waals surface area contributed by atoms with E-state index < -0.39 is 11.7 Å². The number of rotatable bonds is 3. The molecule has 6 heteroatoms. The minimum Gasteiger partial charge on any atom is -0.481 e. The number of amides is 1. The lowest BCUT2D eigenvalue weighted by Crippen LogP contribution is -2.17. The minimum absolute atomic E-state index is 0.0479. The second-order valence-corrected chi connectivity index (χ2v) is 5.65. The molecule has 3 rings (SSSR count). The summed E-state index contributed by atoms with van der Waals surface area (Å²) in [4.78, 5) is 16.5. The van der Waals surface area contributed by atoms with Crippen molar-refractivity contribution in [3.05, 3.63) is 59.1 Å². The summed E-state index contributed by atoms with van der Waals surface area (Å²) in [5.74, 6) is -0.903. The molecule has 0 atom stereocenters. The van der Waals surface area contributed by atoms with Gasteiger partial charge in [0, 0.05) is 7.05 Å². The number of carbonyl (C=O) groups is 1. The van der Waals surface area contributed by atoms with Crippen LogP contribution in [0, 0.1) is 5.82 Å². The molecule has 1 aromatic heterocycles. The van der Waals surface area contributed by atoms with E-state index in [4.69, 9.17) is 4.74 Å². The number of nitrogens with zero attached hydrogens (tertiary/aromatic N) is 2. The van der Waals surface area contributed by atoms with Crippen molar-refractivity contribution in [3.8, 4) is 5.75 Å². The van der Waals surface area contributed by atoms with Crippen LogP contribution in [-0.4, -0.2) is 17.1 Å². The number of hydrogen-bond donors (Lipinski definition) is 0. The number of halogens is 1. The molecular weight excluding hydrogens is 303 g/mol. The Morgan fingerprint density at radius 1 is 1.23 bits per heavy atom. The first-order chi connectivity index (χ1) is 10.6. The molecule has 0 N–H and O–H groups in total. The fourth-order valence-electron chi connectivity index (χ4n) is 2.03. The fourth-order valence-corrected chi connectivity index (χ4v) is 3.06. The fraction of sp³-hybridized carbons (Fsp3) is 0.125. The molecule has 1 amide bonds. The summed E-state index contributed by atoms with van der Waals surface area (Å²) in [5, 5.41) is 0. The van der Waals surface area contributed by atoms with E-state index in [1.807, 2.05) is 35.9 Å². The topological polar surface area (TPSA) is 43.6 Å². The van der Waals surface area contributed by atoms with Gasteiger partial charge in [-0.05, 0) is 24.3 Å². The van der Waals surface area contributed by atoms with Gasteiger partial charge in [0.2, 0.25) is 0 Å². The van der Waals surface area contributed by atoms with Crippen molar-refractivity contribution in [2.45, 2.75) is 0 Å². The van der Waals surface area contributed by atoms with Gasteiger partial charge in [-0.25, -0.2) is 4.39 Å². The highest BCUT2D eigenvalue weighted by Gasteiger charge is 2.07. The van der Waals surface area contributed by atoms with Gasteiger partial charge in [0.15, 0.2) is 23.0 Å². The Labute approximate surface area is 130 Å². The number of aryl methyl sites for hydroxylation is 1. The SMILES string of the molecule is Cn1c(=NC(=O)COc2ccccc2F)sc2ccccc21. The van der Waals surface area contributed by atoms with Crippen LogP contribution in [0.3, 0.4) is 0 Å². The highest BCUT2D eigenvalue weighted by Crippen LogP contribution is 2.16. The third-order valence-corrected chi connectivity index (χ3v) is 4.24. The van der Waals surface area contributed by atoms with E-state index >= 15 is 0 Å². The average molecular weight is 316 g/mol. The Bertz CT molecular complexity index is 898. The zero-order chi connectivity index (χ0) is 15.5. The molecule has 2 aromatic carbocycles. The smallest absolute Gasteiger partial charge is 0.286 e. The van der Waals surface area contributed by atoms with Crippen LogP contribution in [0.25, 0.3) is 10.2 Å². The molecule has 22 heavy (non-hydrogen) atoms. The third-order valence-electron chi connectivity index (χ3n) is 3.12. The van der Waals surface area contributed by atoms with Crippen LogP contribution in [-0.2, 0) is 11.8 Å². The molecule has 0 bridgehead atoms. The molecule has 1 heterocycles. The Morgan fingerprint density at radius 3 is 2.73 bits per heavy atom. The van der Waals surface area contributed by atoms with Crippen molar-refractivity contribution in [1.29, 1.82) is 0 Å². The Kier molecular flexibility index (Phi) is 4.02. The van der Waals surface area contributed by atoms with Crippen LogP contribution in [0.1, 0.15) is 0 Å². The molecule has 4 nitrogen and oxygen atoms in total. The molecule has 0 aliphatic carbocycles. The predicted octanol–water partition coefficient (Wildman–Crippen LogP) is 2.89. The molecule has 0 saturated carbocycles. The van der Waals surface area contributed by atoms with Gasteiger partial charge in [-0.3, -0.25) is 4.79 Å². The molecule has 0 radical (unpaired) electrons. The van der Waals surface area contributed by atoms with Gasteiger partial charge in [0.05, 0.1) is 10.2 Å². The summed E-state index contributed by atoms with van der Waals surface area (Å²) < 4.78 is 21.5. The monoisotopic (exact) mass is 316 g/mol. The summed E-state index contributed by atoms with van der Waals surface area (Å²) in [5.41, 5.74) is 1.01. The molecule has 0 aliphatic heterocycles. The number of benzene rings is 2. The van der Waals surface area contributed by atoms with Crippen LogP contribution < -0.4 is 9.54 Å². The van der Waals surface area contributed by atoms with Crippen molar-refractivity contribution >= 4 is 27.5 Å². The number of aromatic nitrogens is 1. The summed E-state index contributed by atoms with van der Waals surface area (Å²) >= 11 is 1.42. The lowest BCUT2D eigenvalue weighted by Gasteiger charge is -2.03. The molecule has 3 aromatic rings. The third kappa shape index (κ3) is 2.92. The predicted molar refractivity (Wildman–Crippen MR) is 83.3 cm³/mol. The van der Waals surface area contributed by atoms with Crippen molar-refractivity contribution in [2.75, 3.05) is 6.61 Å². The van der Waals surface area contributed by atoms with Gasteiger partial charge in [-0.2, -0.15) is 4.99 Å². The number of carbonyl (C=O) groups excluding carboxylic acids is 1. The highest BCUT2D eigenvalue weighted by atomic mass is 32.1. The van der Waals surface area contributed by atoms with Gasteiger partial charge in [0.25, 0.3) is 5.91 Å².